The largest absolute Gasteiger partial charge is 0.459 e. The summed E-state index contributed by atoms with van der Waals surface area (Å²) in [7, 11) is 1.93. The molecule has 0 fully saturated rings. The van der Waals surface area contributed by atoms with E-state index in [1.54, 1.807) is 11.3 Å². The molecule has 0 aliphatic carbocycles. The quantitative estimate of drug-likeness (QED) is 0.696. The number of furan rings is 1. The fourth-order valence-corrected chi connectivity index (χ4v) is 3.99. The molecule has 5 heteroatoms. The molecule has 19 heavy (non-hydrogen) atoms. The van der Waals surface area contributed by atoms with Gasteiger partial charge in [0.05, 0.1) is 0 Å². The number of thiophene rings is 1. The second kappa shape index (κ2) is 5.29. The number of hydrogen-bond acceptors (Lipinski definition) is 3. The Morgan fingerprint density at radius 2 is 2.16 bits per heavy atom. The molecule has 0 radical (unpaired) electrons. The second-order valence-electron chi connectivity index (χ2n) is 4.19. The second-order valence-corrected chi connectivity index (χ2v) is 6.42. The molecule has 98 valence electrons. The Labute approximate surface area is 128 Å². The molecule has 3 rings (SSSR count). The number of hydrogen-bond donors (Lipinski definition) is 1. The van der Waals surface area contributed by atoms with Crippen LogP contribution < -0.4 is 5.32 Å². The van der Waals surface area contributed by atoms with Gasteiger partial charge in [0.2, 0.25) is 0 Å². The van der Waals surface area contributed by atoms with Crippen LogP contribution in [0.1, 0.15) is 16.7 Å². The van der Waals surface area contributed by atoms with E-state index in [1.165, 1.54) is 4.88 Å². The number of rotatable bonds is 3. The van der Waals surface area contributed by atoms with Crippen LogP contribution in [0.15, 0.2) is 44.6 Å². The molecule has 0 aliphatic rings. The summed E-state index contributed by atoms with van der Waals surface area (Å²) in [6.45, 7) is 0. The van der Waals surface area contributed by atoms with Crippen molar-refractivity contribution in [2.45, 2.75) is 6.04 Å². The summed E-state index contributed by atoms with van der Waals surface area (Å²) >= 11 is 11.3. The van der Waals surface area contributed by atoms with Gasteiger partial charge in [0.1, 0.15) is 17.4 Å². The molecule has 0 saturated heterocycles. The van der Waals surface area contributed by atoms with Crippen molar-refractivity contribution in [2.24, 2.45) is 0 Å². The van der Waals surface area contributed by atoms with Crippen molar-refractivity contribution in [3.05, 3.63) is 55.8 Å². The zero-order valence-corrected chi connectivity index (χ0v) is 13.3. The van der Waals surface area contributed by atoms with Crippen LogP contribution >= 0.6 is 38.9 Å². The normalized spacial score (nSPS) is 13.0. The summed E-state index contributed by atoms with van der Waals surface area (Å²) in [6.07, 6.45) is 0. The predicted octanol–water partition coefficient (Wildman–Crippen LogP) is 5.22. The lowest BCUT2D eigenvalue weighted by atomic mass is 10.1. The Balaban J connectivity index is 2.09. The number of benzene rings is 1. The van der Waals surface area contributed by atoms with Crippen molar-refractivity contribution in [3.8, 4) is 0 Å². The van der Waals surface area contributed by atoms with Gasteiger partial charge in [-0.05, 0) is 58.7 Å². The van der Waals surface area contributed by atoms with Crippen LogP contribution in [0.5, 0.6) is 0 Å². The lowest BCUT2D eigenvalue weighted by Gasteiger charge is -2.12. The molecule has 0 spiro atoms. The third kappa shape index (κ3) is 2.46. The molecule has 0 amide bonds. The molecule has 1 unspecified atom stereocenters. The molecule has 3 aromatic rings. The van der Waals surface area contributed by atoms with E-state index in [0.29, 0.717) is 0 Å². The minimum absolute atomic E-state index is 0.0422. The molecule has 1 aromatic carbocycles. The van der Waals surface area contributed by atoms with Crippen molar-refractivity contribution in [3.63, 3.8) is 0 Å². The van der Waals surface area contributed by atoms with Crippen LogP contribution in [0.25, 0.3) is 11.0 Å². The van der Waals surface area contributed by atoms with Gasteiger partial charge < -0.3 is 9.73 Å². The average molecular weight is 357 g/mol. The fourth-order valence-electron chi connectivity index (χ4n) is 2.09. The number of fused-ring (bicyclic) bond motifs is 1. The van der Waals surface area contributed by atoms with Crippen molar-refractivity contribution >= 4 is 49.8 Å². The third-order valence-electron chi connectivity index (χ3n) is 2.98. The van der Waals surface area contributed by atoms with Gasteiger partial charge in [0.25, 0.3) is 0 Å². The first-order valence-electron chi connectivity index (χ1n) is 5.78. The van der Waals surface area contributed by atoms with Gasteiger partial charge in [-0.15, -0.1) is 11.3 Å². The molecular formula is C14H11BrClNOS. The summed E-state index contributed by atoms with van der Waals surface area (Å²) in [5.41, 5.74) is 0.854. The monoisotopic (exact) mass is 355 g/mol. The van der Waals surface area contributed by atoms with Crippen molar-refractivity contribution < 1.29 is 4.42 Å². The minimum atomic E-state index is 0.0422. The van der Waals surface area contributed by atoms with Gasteiger partial charge >= 0.3 is 0 Å². The molecule has 2 nitrogen and oxygen atoms in total. The van der Waals surface area contributed by atoms with Gasteiger partial charge in [-0.3, -0.25) is 0 Å². The zero-order chi connectivity index (χ0) is 13.4. The van der Waals surface area contributed by atoms with Gasteiger partial charge in [-0.1, -0.05) is 11.6 Å². The van der Waals surface area contributed by atoms with E-state index in [0.717, 1.165) is 26.2 Å². The molecule has 0 bridgehead atoms. The summed E-state index contributed by atoms with van der Waals surface area (Å²) in [4.78, 5) is 1.20. The Kier molecular flexibility index (Phi) is 3.67. The first-order valence-corrected chi connectivity index (χ1v) is 7.83. The van der Waals surface area contributed by atoms with Gasteiger partial charge in [0, 0.05) is 19.8 Å². The van der Waals surface area contributed by atoms with Gasteiger partial charge in [0.15, 0.2) is 0 Å². The summed E-state index contributed by atoms with van der Waals surface area (Å²) in [6, 6.07) is 9.78. The van der Waals surface area contributed by atoms with Crippen molar-refractivity contribution in [1.29, 1.82) is 0 Å². The molecule has 1 atom stereocenters. The van der Waals surface area contributed by atoms with Crippen LogP contribution in [0, 0.1) is 0 Å². The van der Waals surface area contributed by atoms with Gasteiger partial charge in [-0.2, -0.15) is 0 Å². The van der Waals surface area contributed by atoms with E-state index in [2.05, 4.69) is 26.6 Å². The minimum Gasteiger partial charge on any atom is -0.459 e. The van der Waals surface area contributed by atoms with Crippen molar-refractivity contribution in [2.75, 3.05) is 7.05 Å². The van der Waals surface area contributed by atoms with Crippen LogP contribution in [-0.2, 0) is 0 Å². The topological polar surface area (TPSA) is 25.2 Å². The Bertz CT molecular complexity index is 721. The molecule has 2 heterocycles. The molecule has 0 aliphatic heterocycles. The van der Waals surface area contributed by atoms with Crippen LogP contribution in [-0.4, -0.2) is 7.05 Å². The van der Waals surface area contributed by atoms with Crippen LogP contribution in [0.3, 0.4) is 0 Å². The maximum absolute atomic E-state index is 6.00. The van der Waals surface area contributed by atoms with Gasteiger partial charge in [-0.25, -0.2) is 0 Å². The van der Waals surface area contributed by atoms with Crippen LogP contribution in [0.2, 0.25) is 5.02 Å². The number of nitrogens with one attached hydrogen (secondary N) is 1. The fraction of sp³-hybridized carbons (Fsp3) is 0.143. The van der Waals surface area contributed by atoms with E-state index in [-0.39, 0.29) is 6.04 Å². The Morgan fingerprint density at radius 3 is 2.84 bits per heavy atom. The standard InChI is InChI=1S/C14H11BrClNOS/c1-17-13(14-10(15)4-5-19-14)12-7-8-6-9(16)2-3-11(8)18-12/h2-7,13,17H,1H3. The van der Waals surface area contributed by atoms with Crippen LogP contribution in [0.4, 0.5) is 0 Å². The highest BCUT2D eigenvalue weighted by molar-refractivity contribution is 9.10. The summed E-state index contributed by atoms with van der Waals surface area (Å²) < 4.78 is 7.01. The Hall–Kier alpha value is -0.810. The predicted molar refractivity (Wildman–Crippen MR) is 84.1 cm³/mol. The lowest BCUT2D eigenvalue weighted by Crippen LogP contribution is -2.16. The molecule has 1 N–H and O–H groups in total. The highest BCUT2D eigenvalue weighted by atomic mass is 79.9. The molecule has 0 saturated carbocycles. The Morgan fingerprint density at radius 1 is 1.32 bits per heavy atom. The SMILES string of the molecule is CNC(c1cc2cc(Cl)ccc2o1)c1sccc1Br. The highest BCUT2D eigenvalue weighted by Gasteiger charge is 2.20. The lowest BCUT2D eigenvalue weighted by molar-refractivity contribution is 0.494. The summed E-state index contributed by atoms with van der Waals surface area (Å²) in [5, 5.41) is 7.09. The van der Waals surface area contributed by atoms with E-state index < -0.39 is 0 Å². The van der Waals surface area contributed by atoms with E-state index in [9.17, 15) is 0 Å². The molecular weight excluding hydrogens is 346 g/mol. The summed E-state index contributed by atoms with van der Waals surface area (Å²) in [5.74, 6) is 0.892. The first-order chi connectivity index (χ1) is 9.19. The average Bonchev–Trinajstić information content (AvgIpc) is 2.97. The maximum Gasteiger partial charge on any atom is 0.134 e. The van der Waals surface area contributed by atoms with E-state index >= 15 is 0 Å². The number of halogens is 2. The highest BCUT2D eigenvalue weighted by Crippen LogP contribution is 2.35. The van der Waals surface area contributed by atoms with E-state index in [4.69, 9.17) is 16.0 Å². The first kappa shape index (κ1) is 13.2. The zero-order valence-electron chi connectivity index (χ0n) is 10.1. The van der Waals surface area contributed by atoms with E-state index in [1.807, 2.05) is 37.4 Å². The molecule has 2 aromatic heterocycles. The van der Waals surface area contributed by atoms with Crippen molar-refractivity contribution in [1.82, 2.24) is 5.32 Å². The smallest absolute Gasteiger partial charge is 0.134 e. The third-order valence-corrected chi connectivity index (χ3v) is 5.15. The maximum atomic E-state index is 6.00.